The molecule has 0 saturated heterocycles. The number of hydrogen-bond donors (Lipinski definition) is 3. The fourth-order valence-electron chi connectivity index (χ4n) is 6.00. The third-order valence-corrected chi connectivity index (χ3v) is 11.0. The first-order valence-electron chi connectivity index (χ1n) is 16.2. The van der Waals surface area contributed by atoms with E-state index in [9.17, 15) is 18.3 Å². The van der Waals surface area contributed by atoms with Crippen LogP contribution in [0.2, 0.25) is 0 Å². The molecule has 0 fully saturated rings. The van der Waals surface area contributed by atoms with E-state index in [1.165, 1.54) is 30.5 Å². The summed E-state index contributed by atoms with van der Waals surface area (Å²) in [6.07, 6.45) is 5.57. The first-order chi connectivity index (χ1) is 23.6. The number of carbonyl (C=O) groups is 1. The van der Waals surface area contributed by atoms with Gasteiger partial charge in [0.05, 0.1) is 17.9 Å². The van der Waals surface area contributed by atoms with Crippen LogP contribution in [0.25, 0.3) is 22.3 Å². The number of nitrogens with one attached hydrogen (secondary N) is 2. The molecule has 3 aromatic carbocycles. The standard InChI is InChI=1S/C37H40F2IN3O6S/c1-5-48-33(45)21-50(46,47)20-28-26-12-15-41-31(26)18-30(39)34(28)49-25-10-11-29(38)27(17-25)35-42-19-32(43-35)37(4,14-7-13-36(2,3)22-44)23-8-6-9-24(40)16-23/h6,8-12,15-19,41,44H,5,7,13-14,20-22H2,1-4H3,(H,42,43). The molecule has 5 rings (SSSR count). The number of rotatable bonds is 15. The van der Waals surface area contributed by atoms with Crippen LogP contribution in [0.1, 0.15) is 63.8 Å². The fraction of sp³-hybridized carbons (Fsp3) is 0.351. The average molecular weight is 820 g/mol. The molecule has 266 valence electrons. The summed E-state index contributed by atoms with van der Waals surface area (Å²) in [6.45, 7) is 7.81. The van der Waals surface area contributed by atoms with Gasteiger partial charge in [-0.15, -0.1) is 0 Å². The van der Waals surface area contributed by atoms with Crippen LogP contribution in [-0.2, 0) is 30.5 Å². The Morgan fingerprint density at radius 2 is 1.82 bits per heavy atom. The lowest BCUT2D eigenvalue weighted by Crippen LogP contribution is -2.26. The highest BCUT2D eigenvalue weighted by atomic mass is 127. The number of aromatic nitrogens is 3. The van der Waals surface area contributed by atoms with Gasteiger partial charge in [0.15, 0.2) is 21.4 Å². The van der Waals surface area contributed by atoms with E-state index < -0.39 is 44.4 Å². The minimum absolute atomic E-state index is 0.00865. The number of sulfone groups is 1. The van der Waals surface area contributed by atoms with Crippen LogP contribution in [0.5, 0.6) is 11.5 Å². The number of carbonyl (C=O) groups excluding carboxylic acids is 1. The Bertz CT molecular complexity index is 2110. The molecule has 2 heterocycles. The monoisotopic (exact) mass is 819 g/mol. The van der Waals surface area contributed by atoms with Crippen LogP contribution in [0.4, 0.5) is 8.78 Å². The van der Waals surface area contributed by atoms with Crippen molar-refractivity contribution in [3.05, 3.63) is 99.0 Å². The Morgan fingerprint density at radius 1 is 1.04 bits per heavy atom. The lowest BCUT2D eigenvalue weighted by Gasteiger charge is -2.31. The smallest absolute Gasteiger partial charge is 0.321 e. The molecule has 1 atom stereocenters. The van der Waals surface area contributed by atoms with Gasteiger partial charge in [-0.05, 0) is 96.7 Å². The Kier molecular flexibility index (Phi) is 11.4. The third kappa shape index (κ3) is 8.55. The molecule has 0 aliphatic rings. The topological polar surface area (TPSA) is 134 Å². The van der Waals surface area contributed by atoms with E-state index in [4.69, 9.17) is 9.47 Å². The molecule has 0 saturated carbocycles. The number of ether oxygens (including phenoxy) is 2. The molecular formula is C37H40F2IN3O6S. The molecule has 2 aromatic heterocycles. The van der Waals surface area contributed by atoms with Crippen molar-refractivity contribution in [2.45, 2.75) is 58.1 Å². The summed E-state index contributed by atoms with van der Waals surface area (Å²) in [5.41, 5.74) is 1.48. The number of hydrogen-bond acceptors (Lipinski definition) is 7. The Morgan fingerprint density at radius 3 is 2.54 bits per heavy atom. The number of benzene rings is 3. The Labute approximate surface area is 303 Å². The second-order valence-corrected chi connectivity index (χ2v) is 16.7. The fourth-order valence-corrected chi connectivity index (χ4v) is 7.82. The quantitative estimate of drug-likeness (QED) is 0.0717. The van der Waals surface area contributed by atoms with Crippen molar-refractivity contribution in [2.24, 2.45) is 5.41 Å². The van der Waals surface area contributed by atoms with Crippen LogP contribution in [0, 0.1) is 20.6 Å². The van der Waals surface area contributed by atoms with Crippen molar-refractivity contribution >= 4 is 49.3 Å². The Hall–Kier alpha value is -3.82. The summed E-state index contributed by atoms with van der Waals surface area (Å²) in [7, 11) is -4.09. The molecular weight excluding hydrogens is 779 g/mol. The molecule has 0 aliphatic heterocycles. The molecule has 3 N–H and O–H groups in total. The highest BCUT2D eigenvalue weighted by Crippen LogP contribution is 2.40. The molecule has 0 radical (unpaired) electrons. The average Bonchev–Trinajstić information content (AvgIpc) is 3.74. The molecule has 0 amide bonds. The van der Waals surface area contributed by atoms with Crippen molar-refractivity contribution in [3.63, 3.8) is 0 Å². The van der Waals surface area contributed by atoms with Crippen molar-refractivity contribution in [1.82, 2.24) is 15.0 Å². The first kappa shape index (κ1) is 37.4. The predicted octanol–water partition coefficient (Wildman–Crippen LogP) is 8.21. The zero-order valence-electron chi connectivity index (χ0n) is 28.3. The summed E-state index contributed by atoms with van der Waals surface area (Å²) in [4.78, 5) is 22.8. The molecule has 0 aliphatic carbocycles. The van der Waals surface area contributed by atoms with E-state index in [1.807, 2.05) is 26.0 Å². The van der Waals surface area contributed by atoms with Gasteiger partial charge in [0.25, 0.3) is 0 Å². The number of imidazole rings is 1. The minimum Gasteiger partial charge on any atom is -0.465 e. The van der Waals surface area contributed by atoms with Crippen molar-refractivity contribution in [3.8, 4) is 22.9 Å². The van der Waals surface area contributed by atoms with Gasteiger partial charge in [-0.3, -0.25) is 4.79 Å². The lowest BCUT2D eigenvalue weighted by atomic mass is 9.74. The van der Waals surface area contributed by atoms with Crippen LogP contribution < -0.4 is 4.74 Å². The normalized spacial score (nSPS) is 13.4. The molecule has 5 aromatic rings. The van der Waals surface area contributed by atoms with E-state index in [2.05, 4.69) is 56.6 Å². The molecule has 13 heteroatoms. The highest BCUT2D eigenvalue weighted by Gasteiger charge is 2.32. The summed E-state index contributed by atoms with van der Waals surface area (Å²) < 4.78 is 68.9. The van der Waals surface area contributed by atoms with Crippen molar-refractivity contribution in [1.29, 1.82) is 0 Å². The molecule has 0 bridgehead atoms. The number of esters is 1. The van der Waals surface area contributed by atoms with E-state index in [1.54, 1.807) is 19.2 Å². The largest absolute Gasteiger partial charge is 0.465 e. The van der Waals surface area contributed by atoms with Gasteiger partial charge in [0.2, 0.25) is 0 Å². The maximum absolute atomic E-state index is 15.6. The van der Waals surface area contributed by atoms with Gasteiger partial charge in [0, 0.05) is 56.2 Å². The first-order valence-corrected chi connectivity index (χ1v) is 19.1. The highest BCUT2D eigenvalue weighted by molar-refractivity contribution is 14.1. The van der Waals surface area contributed by atoms with E-state index in [0.29, 0.717) is 10.9 Å². The number of H-pyrrole nitrogens is 2. The predicted molar refractivity (Wildman–Crippen MR) is 197 cm³/mol. The summed E-state index contributed by atoms with van der Waals surface area (Å²) in [5.74, 6) is -4.02. The second kappa shape index (κ2) is 15.2. The maximum atomic E-state index is 15.6. The SMILES string of the molecule is CCOC(=O)CS(=O)(=O)Cc1c(Oc2ccc(F)c(-c3ncc(C(C)(CCCC(C)(C)CO)c4cccc(I)c4)[nH]3)c2)c(F)cc2[nH]ccc12. The number of nitrogens with zero attached hydrogens (tertiary/aromatic N) is 1. The second-order valence-electron chi connectivity index (χ2n) is 13.3. The molecule has 50 heavy (non-hydrogen) atoms. The van der Waals surface area contributed by atoms with Crippen LogP contribution in [0.3, 0.4) is 0 Å². The van der Waals surface area contributed by atoms with Crippen molar-refractivity contribution < 1.29 is 36.6 Å². The van der Waals surface area contributed by atoms with Gasteiger partial charge >= 0.3 is 5.97 Å². The van der Waals surface area contributed by atoms with Gasteiger partial charge in [-0.1, -0.05) is 32.4 Å². The van der Waals surface area contributed by atoms with Gasteiger partial charge in [-0.2, -0.15) is 0 Å². The van der Waals surface area contributed by atoms with E-state index in [-0.39, 0.29) is 47.1 Å². The summed E-state index contributed by atoms with van der Waals surface area (Å²) in [5, 5.41) is 10.2. The van der Waals surface area contributed by atoms with E-state index in [0.717, 1.165) is 34.1 Å². The minimum atomic E-state index is -4.09. The van der Waals surface area contributed by atoms with Gasteiger partial charge in [-0.25, -0.2) is 22.2 Å². The van der Waals surface area contributed by atoms with Crippen LogP contribution in [-0.4, -0.2) is 53.4 Å². The zero-order valence-corrected chi connectivity index (χ0v) is 31.3. The number of aliphatic hydroxyl groups excluding tert-OH is 1. The summed E-state index contributed by atoms with van der Waals surface area (Å²) >= 11 is 2.27. The summed E-state index contributed by atoms with van der Waals surface area (Å²) in [6, 6.07) is 14.8. The molecule has 9 nitrogen and oxygen atoms in total. The lowest BCUT2D eigenvalue weighted by molar-refractivity contribution is -0.139. The van der Waals surface area contributed by atoms with Crippen LogP contribution >= 0.6 is 22.6 Å². The van der Waals surface area contributed by atoms with Crippen molar-refractivity contribution in [2.75, 3.05) is 19.0 Å². The van der Waals surface area contributed by atoms with E-state index >= 15 is 8.78 Å². The maximum Gasteiger partial charge on any atom is 0.321 e. The number of fused-ring (bicyclic) bond motifs is 1. The number of aliphatic hydroxyl groups is 1. The number of aromatic amines is 2. The van der Waals surface area contributed by atoms with Gasteiger partial charge in [0.1, 0.15) is 23.1 Å². The molecule has 0 spiro atoms. The number of halogens is 3. The van der Waals surface area contributed by atoms with Crippen LogP contribution in [0.15, 0.2) is 67.0 Å². The van der Waals surface area contributed by atoms with Gasteiger partial charge < -0.3 is 24.5 Å². The third-order valence-electron chi connectivity index (χ3n) is 8.88. The zero-order chi connectivity index (χ0) is 36.3. The Balaban J connectivity index is 1.49. The molecule has 1 unspecified atom stereocenters.